The van der Waals surface area contributed by atoms with Gasteiger partial charge < -0.3 is 11.1 Å². The largest absolute Gasteiger partial charge is 0.347 e. The van der Waals surface area contributed by atoms with Gasteiger partial charge in [0.15, 0.2) is 0 Å². The molecule has 0 saturated heterocycles. The van der Waals surface area contributed by atoms with Crippen LogP contribution in [0.2, 0.25) is 0 Å². The van der Waals surface area contributed by atoms with Gasteiger partial charge in [-0.3, -0.25) is 14.9 Å². The molecule has 0 aliphatic carbocycles. The fraction of sp³-hybridized carbons (Fsp3) is 0.400. The van der Waals surface area contributed by atoms with Gasteiger partial charge in [0.25, 0.3) is 11.6 Å². The highest BCUT2D eigenvalue weighted by atomic mass is 32.1. The Balaban J connectivity index is 2.15. The smallest absolute Gasteiger partial charge is 0.270 e. The number of fused-ring (bicyclic) bond motifs is 1. The first-order chi connectivity index (χ1) is 10.5. The fourth-order valence-electron chi connectivity index (χ4n) is 2.21. The number of unbranched alkanes of at least 4 members (excludes halogenated alkanes) is 1. The average molecular weight is 321 g/mol. The monoisotopic (exact) mass is 321 g/mol. The number of rotatable bonds is 7. The van der Waals surface area contributed by atoms with Gasteiger partial charge in [0.05, 0.1) is 9.80 Å². The zero-order valence-electron chi connectivity index (χ0n) is 12.4. The SMILES string of the molecule is CCCCC(CN)NC(=O)c1cc2cc([N+](=O)[O-])ccc2s1. The van der Waals surface area contributed by atoms with Gasteiger partial charge >= 0.3 is 0 Å². The van der Waals surface area contributed by atoms with Crippen LogP contribution in [0.1, 0.15) is 35.9 Å². The number of hydrogen-bond acceptors (Lipinski definition) is 5. The maximum atomic E-state index is 12.3. The number of nitrogens with two attached hydrogens (primary N) is 1. The molecule has 22 heavy (non-hydrogen) atoms. The van der Waals surface area contributed by atoms with E-state index in [9.17, 15) is 14.9 Å². The van der Waals surface area contributed by atoms with Crippen molar-refractivity contribution in [3.63, 3.8) is 0 Å². The van der Waals surface area contributed by atoms with Crippen LogP contribution in [0.25, 0.3) is 10.1 Å². The van der Waals surface area contributed by atoms with Crippen molar-refractivity contribution in [2.75, 3.05) is 6.54 Å². The molecule has 0 radical (unpaired) electrons. The minimum absolute atomic E-state index is 0.0278. The van der Waals surface area contributed by atoms with E-state index in [-0.39, 0.29) is 17.6 Å². The lowest BCUT2D eigenvalue weighted by Crippen LogP contribution is -2.39. The van der Waals surface area contributed by atoms with E-state index in [1.165, 1.54) is 23.5 Å². The number of carbonyl (C=O) groups excluding carboxylic acids is 1. The quantitative estimate of drug-likeness (QED) is 0.605. The number of nitrogens with zero attached hydrogens (tertiary/aromatic N) is 1. The number of nitro groups is 1. The zero-order valence-corrected chi connectivity index (χ0v) is 13.2. The maximum Gasteiger partial charge on any atom is 0.270 e. The summed E-state index contributed by atoms with van der Waals surface area (Å²) < 4.78 is 0.855. The van der Waals surface area contributed by atoms with E-state index in [4.69, 9.17) is 5.73 Å². The molecule has 0 aliphatic rings. The van der Waals surface area contributed by atoms with Crippen LogP contribution in [-0.2, 0) is 0 Å². The van der Waals surface area contributed by atoms with Gasteiger partial charge in [-0.15, -0.1) is 11.3 Å². The van der Waals surface area contributed by atoms with Crippen molar-refractivity contribution in [2.45, 2.75) is 32.2 Å². The number of carbonyl (C=O) groups is 1. The Labute approximate surface area is 132 Å². The summed E-state index contributed by atoms with van der Waals surface area (Å²) in [6.07, 6.45) is 2.93. The first kappa shape index (κ1) is 16.4. The summed E-state index contributed by atoms with van der Waals surface area (Å²) in [5.74, 6) is -0.171. The van der Waals surface area contributed by atoms with Crippen LogP contribution in [0.5, 0.6) is 0 Å². The highest BCUT2D eigenvalue weighted by molar-refractivity contribution is 7.20. The molecule has 0 spiro atoms. The van der Waals surface area contributed by atoms with Gasteiger partial charge in [0, 0.05) is 34.8 Å². The average Bonchev–Trinajstić information content (AvgIpc) is 2.94. The predicted molar refractivity (Wildman–Crippen MR) is 88.3 cm³/mol. The van der Waals surface area contributed by atoms with E-state index in [0.717, 1.165) is 24.0 Å². The van der Waals surface area contributed by atoms with Crippen molar-refractivity contribution in [1.82, 2.24) is 5.32 Å². The molecule has 6 nitrogen and oxygen atoms in total. The number of hydrogen-bond donors (Lipinski definition) is 2. The maximum absolute atomic E-state index is 12.3. The van der Waals surface area contributed by atoms with Crippen LogP contribution in [0, 0.1) is 10.1 Å². The lowest BCUT2D eigenvalue weighted by atomic mass is 10.1. The summed E-state index contributed by atoms with van der Waals surface area (Å²) in [7, 11) is 0. The number of non-ortho nitro benzene ring substituents is 1. The molecule has 1 aromatic carbocycles. The molecule has 0 bridgehead atoms. The molecule has 118 valence electrons. The summed E-state index contributed by atoms with van der Waals surface area (Å²) in [4.78, 5) is 23.2. The third-order valence-electron chi connectivity index (χ3n) is 3.46. The van der Waals surface area contributed by atoms with Crippen LogP contribution < -0.4 is 11.1 Å². The molecule has 0 aliphatic heterocycles. The highest BCUT2D eigenvalue weighted by Crippen LogP contribution is 2.29. The van der Waals surface area contributed by atoms with Gasteiger partial charge in [-0.25, -0.2) is 0 Å². The van der Waals surface area contributed by atoms with Crippen LogP contribution in [0.3, 0.4) is 0 Å². The number of nitrogens with one attached hydrogen (secondary N) is 1. The molecule has 3 N–H and O–H groups in total. The molecule has 1 amide bonds. The van der Waals surface area contributed by atoms with Crippen LogP contribution in [0.4, 0.5) is 5.69 Å². The normalized spacial score (nSPS) is 12.3. The van der Waals surface area contributed by atoms with Gasteiger partial charge in [-0.05, 0) is 18.6 Å². The fourth-order valence-corrected chi connectivity index (χ4v) is 3.16. The van der Waals surface area contributed by atoms with Crippen molar-refractivity contribution in [3.05, 3.63) is 39.3 Å². The summed E-state index contributed by atoms with van der Waals surface area (Å²) in [6, 6.07) is 6.26. The topological polar surface area (TPSA) is 98.3 Å². The van der Waals surface area contributed by atoms with Gasteiger partial charge in [-0.2, -0.15) is 0 Å². The second-order valence-corrected chi connectivity index (χ2v) is 6.22. The van der Waals surface area contributed by atoms with Gasteiger partial charge in [0.1, 0.15) is 0 Å². The lowest BCUT2D eigenvalue weighted by molar-refractivity contribution is -0.384. The predicted octanol–water partition coefficient (Wildman–Crippen LogP) is 3.06. The Bertz CT molecular complexity index is 684. The Morgan fingerprint density at radius 3 is 2.86 bits per heavy atom. The van der Waals surface area contributed by atoms with Crippen molar-refractivity contribution in [1.29, 1.82) is 0 Å². The molecular weight excluding hydrogens is 302 g/mol. The van der Waals surface area contributed by atoms with E-state index < -0.39 is 4.92 Å². The molecule has 0 saturated carbocycles. The third-order valence-corrected chi connectivity index (χ3v) is 4.58. The number of thiophene rings is 1. The van der Waals surface area contributed by atoms with Gasteiger partial charge in [0.2, 0.25) is 0 Å². The Kier molecular flexibility index (Phi) is 5.46. The van der Waals surface area contributed by atoms with E-state index in [1.807, 2.05) is 0 Å². The van der Waals surface area contributed by atoms with Crippen molar-refractivity contribution >= 4 is 33.0 Å². The van der Waals surface area contributed by atoms with E-state index in [0.29, 0.717) is 16.8 Å². The highest BCUT2D eigenvalue weighted by Gasteiger charge is 2.16. The molecule has 1 aromatic heterocycles. The summed E-state index contributed by atoms with van der Waals surface area (Å²) in [5, 5.41) is 14.4. The number of benzene rings is 1. The van der Waals surface area contributed by atoms with E-state index in [2.05, 4.69) is 12.2 Å². The Morgan fingerprint density at radius 1 is 1.45 bits per heavy atom. The number of amides is 1. The molecule has 1 unspecified atom stereocenters. The molecule has 2 rings (SSSR count). The van der Waals surface area contributed by atoms with Crippen LogP contribution in [-0.4, -0.2) is 23.4 Å². The molecule has 1 heterocycles. The first-order valence-electron chi connectivity index (χ1n) is 7.24. The van der Waals surface area contributed by atoms with Crippen molar-refractivity contribution in [3.8, 4) is 0 Å². The third kappa shape index (κ3) is 3.80. The standard InChI is InChI=1S/C15H19N3O3S/c1-2-3-4-11(9-16)17-15(19)14-8-10-7-12(18(20)21)5-6-13(10)22-14/h5-8,11H,2-4,9,16H2,1H3,(H,17,19). The molecular formula is C15H19N3O3S. The van der Waals surface area contributed by atoms with E-state index >= 15 is 0 Å². The van der Waals surface area contributed by atoms with Crippen LogP contribution >= 0.6 is 11.3 Å². The summed E-state index contributed by atoms with van der Waals surface area (Å²) in [6.45, 7) is 2.50. The molecule has 1 atom stereocenters. The zero-order chi connectivity index (χ0) is 16.1. The van der Waals surface area contributed by atoms with Crippen molar-refractivity contribution in [2.24, 2.45) is 5.73 Å². The minimum Gasteiger partial charge on any atom is -0.347 e. The second kappa shape index (κ2) is 7.33. The summed E-state index contributed by atoms with van der Waals surface area (Å²) >= 11 is 1.33. The van der Waals surface area contributed by atoms with Crippen molar-refractivity contribution < 1.29 is 9.72 Å². The number of nitro benzene ring substituents is 1. The van der Waals surface area contributed by atoms with E-state index in [1.54, 1.807) is 12.1 Å². The molecule has 7 heteroatoms. The molecule has 2 aromatic rings. The lowest BCUT2D eigenvalue weighted by Gasteiger charge is -2.15. The second-order valence-electron chi connectivity index (χ2n) is 5.14. The molecule has 0 fully saturated rings. The Hall–Kier alpha value is -1.99. The summed E-state index contributed by atoms with van der Waals surface area (Å²) in [5.41, 5.74) is 5.71. The Morgan fingerprint density at radius 2 is 2.23 bits per heavy atom. The van der Waals surface area contributed by atoms with Crippen LogP contribution in [0.15, 0.2) is 24.3 Å². The van der Waals surface area contributed by atoms with Gasteiger partial charge in [-0.1, -0.05) is 19.8 Å². The minimum atomic E-state index is -0.438. The first-order valence-corrected chi connectivity index (χ1v) is 8.05.